The molecular formula is C47H91NO8. The number of hydrogen-bond acceptors (Lipinski definition) is 8. The van der Waals surface area contributed by atoms with Gasteiger partial charge in [-0.15, -0.1) is 0 Å². The number of amides is 1. The molecule has 1 heterocycles. The highest BCUT2D eigenvalue weighted by Crippen LogP contribution is 2.23. The number of unbranched alkanes of at least 4 members (excludes halogenated alkanes) is 28. The van der Waals surface area contributed by atoms with Gasteiger partial charge >= 0.3 is 0 Å². The van der Waals surface area contributed by atoms with E-state index in [1.165, 1.54) is 154 Å². The maximum Gasteiger partial charge on any atom is 0.220 e. The first kappa shape index (κ1) is 52.9. The van der Waals surface area contributed by atoms with Crippen LogP contribution in [0.2, 0.25) is 0 Å². The van der Waals surface area contributed by atoms with Crippen molar-refractivity contribution < 1.29 is 39.8 Å². The van der Waals surface area contributed by atoms with Gasteiger partial charge in [0.15, 0.2) is 6.29 Å². The van der Waals surface area contributed by atoms with E-state index in [1.807, 2.05) is 0 Å². The fraction of sp³-hybridized carbons (Fsp3) is 0.936. The second-order valence-electron chi connectivity index (χ2n) is 16.9. The average Bonchev–Trinajstić information content (AvgIpc) is 3.20. The van der Waals surface area contributed by atoms with E-state index >= 15 is 0 Å². The van der Waals surface area contributed by atoms with Crippen molar-refractivity contribution in [3.8, 4) is 0 Å². The van der Waals surface area contributed by atoms with Crippen LogP contribution < -0.4 is 5.32 Å². The Morgan fingerprint density at radius 1 is 0.589 bits per heavy atom. The summed E-state index contributed by atoms with van der Waals surface area (Å²) < 4.78 is 11.2. The number of aliphatic hydroxyl groups excluding tert-OH is 5. The molecule has 1 amide bonds. The third-order valence-corrected chi connectivity index (χ3v) is 11.6. The smallest absolute Gasteiger partial charge is 0.220 e. The molecule has 1 rings (SSSR count). The third kappa shape index (κ3) is 28.4. The number of allylic oxidation sites excluding steroid dienone is 2. The third-order valence-electron chi connectivity index (χ3n) is 11.6. The Bertz CT molecular complexity index is 888. The van der Waals surface area contributed by atoms with Crippen LogP contribution >= 0.6 is 0 Å². The monoisotopic (exact) mass is 798 g/mol. The van der Waals surface area contributed by atoms with E-state index in [1.54, 1.807) is 0 Å². The maximum atomic E-state index is 13.0. The molecule has 1 saturated heterocycles. The molecule has 0 aromatic heterocycles. The molecule has 1 aliphatic rings. The number of carbonyl (C=O) groups is 1. The summed E-state index contributed by atoms with van der Waals surface area (Å²) in [6.45, 7) is 3.80. The van der Waals surface area contributed by atoms with Gasteiger partial charge in [0, 0.05) is 6.42 Å². The molecule has 0 aromatic carbocycles. The summed E-state index contributed by atoms with van der Waals surface area (Å²) in [7, 11) is 0. The van der Waals surface area contributed by atoms with E-state index in [0.717, 1.165) is 44.9 Å². The second kappa shape index (κ2) is 38.2. The predicted molar refractivity (Wildman–Crippen MR) is 231 cm³/mol. The topological polar surface area (TPSA) is 149 Å². The first-order chi connectivity index (χ1) is 27.3. The van der Waals surface area contributed by atoms with E-state index in [2.05, 4.69) is 31.3 Å². The van der Waals surface area contributed by atoms with Crippen molar-refractivity contribution in [2.45, 2.75) is 269 Å². The van der Waals surface area contributed by atoms with E-state index in [0.29, 0.717) is 12.8 Å². The zero-order valence-corrected chi connectivity index (χ0v) is 36.4. The molecule has 332 valence electrons. The number of aliphatic hydroxyl groups is 5. The molecule has 7 atom stereocenters. The van der Waals surface area contributed by atoms with E-state index < -0.39 is 49.5 Å². The van der Waals surface area contributed by atoms with Crippen LogP contribution in [0.15, 0.2) is 12.2 Å². The first-order valence-electron chi connectivity index (χ1n) is 23.9. The summed E-state index contributed by atoms with van der Waals surface area (Å²) >= 11 is 0. The van der Waals surface area contributed by atoms with Crippen molar-refractivity contribution in [3.63, 3.8) is 0 Å². The predicted octanol–water partition coefficient (Wildman–Crippen LogP) is 10.1. The lowest BCUT2D eigenvalue weighted by Gasteiger charge is -2.40. The van der Waals surface area contributed by atoms with Crippen LogP contribution in [0, 0.1) is 0 Å². The van der Waals surface area contributed by atoms with Gasteiger partial charge in [0.1, 0.15) is 24.4 Å². The van der Waals surface area contributed by atoms with Gasteiger partial charge in [0.05, 0.1) is 25.4 Å². The van der Waals surface area contributed by atoms with Gasteiger partial charge in [-0.3, -0.25) is 4.79 Å². The van der Waals surface area contributed by atoms with Gasteiger partial charge in [-0.25, -0.2) is 0 Å². The van der Waals surface area contributed by atoms with Gasteiger partial charge in [-0.2, -0.15) is 0 Å². The Kier molecular flexibility index (Phi) is 36.1. The van der Waals surface area contributed by atoms with Gasteiger partial charge < -0.3 is 40.3 Å². The summed E-state index contributed by atoms with van der Waals surface area (Å²) in [5.41, 5.74) is 0. The fourth-order valence-corrected chi connectivity index (χ4v) is 7.74. The SMILES string of the molecule is CCCCCC/C=C/CCCC[C@@H](O)[C@H](CO[C@H]1O[C@@H](CO)[C@H](O)C(O)C1O)NC(=O)CCCCCCCCCCCCCCCCCCCCCCCCC. The minimum Gasteiger partial charge on any atom is -0.394 e. The normalized spacial score (nSPS) is 21.2. The lowest BCUT2D eigenvalue weighted by atomic mass is 9.99. The lowest BCUT2D eigenvalue weighted by molar-refractivity contribution is -0.302. The van der Waals surface area contributed by atoms with Gasteiger partial charge in [-0.05, 0) is 38.5 Å². The molecule has 0 bridgehead atoms. The van der Waals surface area contributed by atoms with Crippen molar-refractivity contribution in [2.24, 2.45) is 0 Å². The van der Waals surface area contributed by atoms with Crippen LogP contribution in [0.5, 0.6) is 0 Å². The Hall–Kier alpha value is -1.07. The number of carbonyl (C=O) groups excluding carboxylic acids is 1. The van der Waals surface area contributed by atoms with Crippen molar-refractivity contribution in [2.75, 3.05) is 13.2 Å². The highest BCUT2D eigenvalue weighted by atomic mass is 16.7. The molecule has 2 unspecified atom stereocenters. The highest BCUT2D eigenvalue weighted by molar-refractivity contribution is 5.76. The Morgan fingerprint density at radius 3 is 1.45 bits per heavy atom. The minimum absolute atomic E-state index is 0.146. The highest BCUT2D eigenvalue weighted by Gasteiger charge is 2.44. The van der Waals surface area contributed by atoms with Crippen molar-refractivity contribution >= 4 is 5.91 Å². The number of ether oxygens (including phenoxy) is 2. The summed E-state index contributed by atoms with van der Waals surface area (Å²) in [6, 6.07) is -0.728. The molecule has 1 aliphatic heterocycles. The van der Waals surface area contributed by atoms with Crippen LogP contribution in [0.1, 0.15) is 226 Å². The summed E-state index contributed by atoms with van der Waals surface area (Å²) in [6.07, 6.45) is 36.7. The zero-order valence-electron chi connectivity index (χ0n) is 36.4. The van der Waals surface area contributed by atoms with Crippen LogP contribution in [-0.2, 0) is 14.3 Å². The van der Waals surface area contributed by atoms with E-state index in [4.69, 9.17) is 9.47 Å². The van der Waals surface area contributed by atoms with Crippen LogP contribution in [-0.4, -0.2) is 87.5 Å². The molecule has 0 aliphatic carbocycles. The van der Waals surface area contributed by atoms with E-state index in [9.17, 15) is 30.3 Å². The number of rotatable bonds is 40. The largest absolute Gasteiger partial charge is 0.394 e. The molecule has 0 spiro atoms. The van der Waals surface area contributed by atoms with Gasteiger partial charge in [0.25, 0.3) is 0 Å². The van der Waals surface area contributed by atoms with Gasteiger partial charge in [0.2, 0.25) is 5.91 Å². The fourth-order valence-electron chi connectivity index (χ4n) is 7.74. The maximum absolute atomic E-state index is 13.0. The molecular weight excluding hydrogens is 707 g/mol. The Balaban J connectivity index is 2.21. The molecule has 6 N–H and O–H groups in total. The molecule has 9 nitrogen and oxygen atoms in total. The summed E-state index contributed by atoms with van der Waals surface area (Å²) in [5.74, 6) is -0.152. The molecule has 0 aromatic rings. The number of nitrogens with one attached hydrogen (secondary N) is 1. The first-order valence-corrected chi connectivity index (χ1v) is 23.9. The average molecular weight is 798 g/mol. The summed E-state index contributed by atoms with van der Waals surface area (Å²) in [4.78, 5) is 13.0. The Morgan fingerprint density at radius 2 is 1.00 bits per heavy atom. The van der Waals surface area contributed by atoms with Crippen molar-refractivity contribution in [3.05, 3.63) is 12.2 Å². The molecule has 56 heavy (non-hydrogen) atoms. The van der Waals surface area contributed by atoms with Crippen molar-refractivity contribution in [1.82, 2.24) is 5.32 Å². The zero-order chi connectivity index (χ0) is 40.9. The Labute approximate surface area is 344 Å². The second-order valence-corrected chi connectivity index (χ2v) is 16.9. The quantitative estimate of drug-likeness (QED) is 0.0265. The van der Waals surface area contributed by atoms with Crippen LogP contribution in [0.25, 0.3) is 0 Å². The standard InChI is InChI=1S/C47H91NO8/c1-3-5-7-9-11-13-15-16-17-18-19-20-21-22-23-24-25-26-27-29-31-33-35-37-43(51)48-40(39-55-47-46(54)45(53)44(52)42(38-49)56-47)41(50)36-34-32-30-28-14-12-10-8-6-4-2/h14,28,40-42,44-47,49-50,52-54H,3-13,15-27,29-39H2,1-2H3,(H,48,51)/b28-14+/t40-,41+,42-,44-,45?,46?,47-/m0/s1. The summed E-state index contributed by atoms with van der Waals surface area (Å²) in [5, 5.41) is 54.2. The molecule has 1 fully saturated rings. The lowest BCUT2D eigenvalue weighted by Crippen LogP contribution is -2.60. The minimum atomic E-state index is -1.55. The van der Waals surface area contributed by atoms with E-state index in [-0.39, 0.29) is 12.5 Å². The number of hydrogen-bond donors (Lipinski definition) is 6. The van der Waals surface area contributed by atoms with Crippen LogP contribution in [0.4, 0.5) is 0 Å². The van der Waals surface area contributed by atoms with Crippen molar-refractivity contribution in [1.29, 1.82) is 0 Å². The molecule has 0 radical (unpaired) electrons. The van der Waals surface area contributed by atoms with Crippen LogP contribution in [0.3, 0.4) is 0 Å². The molecule has 0 saturated carbocycles. The molecule has 9 heteroatoms. The van der Waals surface area contributed by atoms with Gasteiger partial charge in [-0.1, -0.05) is 193 Å².